The van der Waals surface area contributed by atoms with Crippen LogP contribution in [-0.2, 0) is 9.63 Å². The number of rotatable bonds is 40. The molecule has 0 aliphatic carbocycles. The number of hydroxylamine groups is 2. The molecular formula is C44H86N2O3. The minimum Gasteiger partial charge on any atom is -0.396 e. The molecule has 0 bridgehead atoms. The fourth-order valence-corrected chi connectivity index (χ4v) is 6.42. The van der Waals surface area contributed by atoms with Gasteiger partial charge in [-0.05, 0) is 96.7 Å². The highest BCUT2D eigenvalue weighted by Gasteiger charge is 2.12. The quantitative estimate of drug-likeness (QED) is 0.0394. The van der Waals surface area contributed by atoms with E-state index in [0.29, 0.717) is 13.0 Å². The van der Waals surface area contributed by atoms with E-state index >= 15 is 0 Å². The standard InChI is InChI=1S/C44H86N2O3/c1-4-7-10-13-14-15-16-17-18-19-20-21-22-25-28-31-38-45(40-35-36-43-47)39-32-29-26-23-24-27-30-37-44(48)49-46(41-33-11-8-5-2)42-34-12-9-6-3/h14-15,17-18,47H,4-13,16,19-43H2,1-3H3/b15-14-,18-17-. The van der Waals surface area contributed by atoms with Crippen LogP contribution in [0.5, 0.6) is 0 Å². The number of hydrogen-bond acceptors (Lipinski definition) is 5. The van der Waals surface area contributed by atoms with Gasteiger partial charge in [0, 0.05) is 26.1 Å². The second kappa shape index (κ2) is 41.3. The summed E-state index contributed by atoms with van der Waals surface area (Å²) in [7, 11) is 0. The molecule has 0 aliphatic rings. The smallest absolute Gasteiger partial charge is 0.325 e. The SMILES string of the molecule is CCCCC/C=C\C/C=C\CCCCCCCCN(CCCCO)CCCCCCCCCC(=O)ON(CCCCCC)CCCCCC. The van der Waals surface area contributed by atoms with E-state index in [1.165, 1.54) is 154 Å². The average Bonchev–Trinajstić information content (AvgIpc) is 3.10. The van der Waals surface area contributed by atoms with Gasteiger partial charge in [0.25, 0.3) is 0 Å². The number of nitrogens with zero attached hydrogens (tertiary/aromatic N) is 2. The van der Waals surface area contributed by atoms with E-state index < -0.39 is 0 Å². The molecule has 0 aromatic rings. The number of hydrogen-bond donors (Lipinski definition) is 1. The first kappa shape index (κ1) is 47.8. The van der Waals surface area contributed by atoms with Crippen LogP contribution in [-0.4, -0.2) is 60.4 Å². The molecular weight excluding hydrogens is 604 g/mol. The van der Waals surface area contributed by atoms with Crippen molar-refractivity contribution in [2.75, 3.05) is 39.3 Å². The predicted molar refractivity (Wildman–Crippen MR) is 215 cm³/mol. The van der Waals surface area contributed by atoms with Gasteiger partial charge in [-0.15, -0.1) is 5.06 Å². The molecule has 5 nitrogen and oxygen atoms in total. The fraction of sp³-hybridized carbons (Fsp3) is 0.886. The van der Waals surface area contributed by atoms with Gasteiger partial charge < -0.3 is 14.8 Å². The third kappa shape index (κ3) is 37.9. The Hall–Kier alpha value is -1.17. The van der Waals surface area contributed by atoms with Crippen LogP contribution < -0.4 is 0 Å². The van der Waals surface area contributed by atoms with Gasteiger partial charge in [0.1, 0.15) is 0 Å². The maximum absolute atomic E-state index is 12.5. The van der Waals surface area contributed by atoms with Gasteiger partial charge in [0.15, 0.2) is 0 Å². The summed E-state index contributed by atoms with van der Waals surface area (Å²) in [5.41, 5.74) is 0. The summed E-state index contributed by atoms with van der Waals surface area (Å²) in [6.07, 6.45) is 45.7. The molecule has 0 atom stereocenters. The van der Waals surface area contributed by atoms with Crippen LogP contribution in [0.1, 0.15) is 213 Å². The van der Waals surface area contributed by atoms with Gasteiger partial charge in [-0.25, -0.2) is 0 Å². The van der Waals surface area contributed by atoms with Crippen molar-refractivity contribution in [2.45, 2.75) is 213 Å². The molecule has 0 amide bonds. The van der Waals surface area contributed by atoms with Gasteiger partial charge in [-0.2, -0.15) is 0 Å². The van der Waals surface area contributed by atoms with Crippen LogP contribution in [0.2, 0.25) is 0 Å². The molecule has 0 unspecified atom stereocenters. The Kier molecular flexibility index (Phi) is 40.3. The molecule has 0 aliphatic heterocycles. The van der Waals surface area contributed by atoms with Crippen LogP contribution in [0.3, 0.4) is 0 Å². The van der Waals surface area contributed by atoms with Gasteiger partial charge in [0.2, 0.25) is 0 Å². The van der Waals surface area contributed by atoms with Crippen molar-refractivity contribution in [3.8, 4) is 0 Å². The van der Waals surface area contributed by atoms with E-state index in [4.69, 9.17) is 4.84 Å². The van der Waals surface area contributed by atoms with Gasteiger partial charge in [-0.1, -0.05) is 154 Å². The number of unbranched alkanes of at least 4 members (excludes halogenated alkanes) is 22. The number of aliphatic hydroxyl groups excluding tert-OH is 1. The highest BCUT2D eigenvalue weighted by molar-refractivity contribution is 5.68. The predicted octanol–water partition coefficient (Wildman–Crippen LogP) is 12.9. The first-order valence-electron chi connectivity index (χ1n) is 21.8. The van der Waals surface area contributed by atoms with Gasteiger partial charge >= 0.3 is 5.97 Å². The van der Waals surface area contributed by atoms with Crippen molar-refractivity contribution in [3.05, 3.63) is 24.3 Å². The normalized spacial score (nSPS) is 12.0. The molecule has 49 heavy (non-hydrogen) atoms. The van der Waals surface area contributed by atoms with Crippen molar-refractivity contribution < 1.29 is 14.7 Å². The van der Waals surface area contributed by atoms with Crippen molar-refractivity contribution in [1.29, 1.82) is 0 Å². The summed E-state index contributed by atoms with van der Waals surface area (Å²) in [6, 6.07) is 0. The summed E-state index contributed by atoms with van der Waals surface area (Å²) in [4.78, 5) is 20.9. The molecule has 0 saturated heterocycles. The van der Waals surface area contributed by atoms with E-state index in [0.717, 1.165) is 64.6 Å². The second-order valence-corrected chi connectivity index (χ2v) is 14.6. The van der Waals surface area contributed by atoms with Gasteiger partial charge in [0.05, 0.1) is 0 Å². The Morgan fingerprint density at radius 1 is 0.469 bits per heavy atom. The zero-order chi connectivity index (χ0) is 35.7. The lowest BCUT2D eigenvalue weighted by molar-refractivity contribution is -0.191. The van der Waals surface area contributed by atoms with Gasteiger partial charge in [-0.3, -0.25) is 4.79 Å². The third-order valence-corrected chi connectivity index (χ3v) is 9.67. The molecule has 0 aromatic heterocycles. The number of allylic oxidation sites excluding steroid dienone is 4. The van der Waals surface area contributed by atoms with E-state index in [9.17, 15) is 9.90 Å². The van der Waals surface area contributed by atoms with Crippen LogP contribution in [0.25, 0.3) is 0 Å². The lowest BCUT2D eigenvalue weighted by Gasteiger charge is -2.22. The Morgan fingerprint density at radius 3 is 1.37 bits per heavy atom. The van der Waals surface area contributed by atoms with Crippen LogP contribution in [0.4, 0.5) is 0 Å². The number of carbonyl (C=O) groups excluding carboxylic acids is 1. The molecule has 1 N–H and O–H groups in total. The maximum atomic E-state index is 12.5. The molecule has 5 heteroatoms. The molecule has 0 rings (SSSR count). The van der Waals surface area contributed by atoms with Crippen LogP contribution in [0.15, 0.2) is 24.3 Å². The van der Waals surface area contributed by atoms with Crippen molar-refractivity contribution >= 4 is 5.97 Å². The topological polar surface area (TPSA) is 53.0 Å². The van der Waals surface area contributed by atoms with Crippen LogP contribution >= 0.6 is 0 Å². The highest BCUT2D eigenvalue weighted by Crippen LogP contribution is 2.13. The van der Waals surface area contributed by atoms with E-state index in [1.807, 2.05) is 5.06 Å². The number of carbonyl (C=O) groups is 1. The van der Waals surface area contributed by atoms with E-state index in [2.05, 4.69) is 50.0 Å². The Morgan fingerprint density at radius 2 is 0.857 bits per heavy atom. The first-order valence-corrected chi connectivity index (χ1v) is 21.8. The molecule has 0 saturated carbocycles. The summed E-state index contributed by atoms with van der Waals surface area (Å²) < 4.78 is 0. The largest absolute Gasteiger partial charge is 0.396 e. The summed E-state index contributed by atoms with van der Waals surface area (Å²) >= 11 is 0. The monoisotopic (exact) mass is 691 g/mol. The fourth-order valence-electron chi connectivity index (χ4n) is 6.42. The molecule has 0 spiro atoms. The average molecular weight is 691 g/mol. The molecule has 0 heterocycles. The molecule has 0 fully saturated rings. The Labute approximate surface area is 307 Å². The Bertz CT molecular complexity index is 698. The zero-order valence-electron chi connectivity index (χ0n) is 33.4. The Balaban J connectivity index is 3.92. The molecule has 290 valence electrons. The molecule has 0 aromatic carbocycles. The van der Waals surface area contributed by atoms with Crippen molar-refractivity contribution in [1.82, 2.24) is 9.96 Å². The highest BCUT2D eigenvalue weighted by atomic mass is 16.7. The third-order valence-electron chi connectivity index (χ3n) is 9.67. The van der Waals surface area contributed by atoms with E-state index in [-0.39, 0.29) is 5.97 Å². The van der Waals surface area contributed by atoms with Crippen molar-refractivity contribution in [3.63, 3.8) is 0 Å². The minimum absolute atomic E-state index is 0.0351. The zero-order valence-corrected chi connectivity index (χ0v) is 33.4. The second-order valence-electron chi connectivity index (χ2n) is 14.6. The lowest BCUT2D eigenvalue weighted by atomic mass is 10.1. The number of aliphatic hydroxyl groups is 1. The minimum atomic E-state index is -0.0351. The summed E-state index contributed by atoms with van der Waals surface area (Å²) in [6.45, 7) is 12.4. The van der Waals surface area contributed by atoms with Crippen molar-refractivity contribution in [2.24, 2.45) is 0 Å². The van der Waals surface area contributed by atoms with Crippen LogP contribution in [0, 0.1) is 0 Å². The summed E-state index contributed by atoms with van der Waals surface area (Å²) in [5.74, 6) is -0.0351. The first-order chi connectivity index (χ1) is 24.2. The summed E-state index contributed by atoms with van der Waals surface area (Å²) in [5, 5.41) is 11.2. The lowest BCUT2D eigenvalue weighted by Crippen LogP contribution is -2.29. The maximum Gasteiger partial charge on any atom is 0.325 e. The van der Waals surface area contributed by atoms with E-state index in [1.54, 1.807) is 0 Å². The molecule has 0 radical (unpaired) electrons.